The Bertz CT molecular complexity index is 2680. The Balaban J connectivity index is 1.51. The lowest BCUT2D eigenvalue weighted by atomic mass is 10.1. The molecule has 0 aliphatic carbocycles. The number of nitrogens with one attached hydrogen (secondary N) is 1. The first kappa shape index (κ1) is 29.0. The minimum absolute atomic E-state index is 0.195. The molecule has 1 N–H and O–H groups in total. The van der Waals surface area contributed by atoms with E-state index in [2.05, 4.69) is 106 Å². The number of hydrogen-bond donors (Lipinski definition) is 1. The number of fused-ring (bicyclic) bond motifs is 7. The number of para-hydroxylation sites is 2. The molecule has 230 valence electrons. The molecule has 5 heteroatoms. The summed E-state index contributed by atoms with van der Waals surface area (Å²) in [7, 11) is 2.04. The summed E-state index contributed by atoms with van der Waals surface area (Å²) >= 11 is 0. The Morgan fingerprint density at radius 2 is 1.25 bits per heavy atom. The lowest BCUT2D eigenvalue weighted by Crippen LogP contribution is -2.38. The van der Waals surface area contributed by atoms with Crippen molar-refractivity contribution in [3.8, 4) is 5.69 Å². The number of nitrogens with zero attached hydrogens (tertiary/aromatic N) is 4. The molecule has 8 rings (SSSR count). The molecule has 0 spiro atoms. The molecule has 0 amide bonds. The lowest BCUT2D eigenvalue weighted by molar-refractivity contribution is 0.865. The van der Waals surface area contributed by atoms with Crippen LogP contribution in [0.15, 0.2) is 157 Å². The van der Waals surface area contributed by atoms with Gasteiger partial charge in [-0.1, -0.05) is 141 Å². The van der Waals surface area contributed by atoms with Crippen molar-refractivity contribution in [3.05, 3.63) is 174 Å². The van der Waals surface area contributed by atoms with Gasteiger partial charge in [-0.2, -0.15) is 0 Å². The smallest absolute Gasteiger partial charge is 0.157 e. The Kier molecular flexibility index (Phi) is 7.07. The predicted octanol–water partition coefficient (Wildman–Crippen LogP) is 8.31. The fourth-order valence-corrected chi connectivity index (χ4v) is 6.83. The van der Waals surface area contributed by atoms with Crippen molar-refractivity contribution in [2.75, 3.05) is 12.1 Å². The van der Waals surface area contributed by atoms with E-state index in [-0.39, 0.29) is 5.84 Å². The van der Waals surface area contributed by atoms with E-state index in [4.69, 9.17) is 10.4 Å². The van der Waals surface area contributed by atoms with Gasteiger partial charge in [-0.15, -0.1) is 0 Å². The third-order valence-electron chi connectivity index (χ3n) is 9.03. The first-order valence-corrected chi connectivity index (χ1v) is 15.9. The van der Waals surface area contributed by atoms with Gasteiger partial charge in [0, 0.05) is 45.4 Å². The number of aromatic nitrogens is 2. The summed E-state index contributed by atoms with van der Waals surface area (Å²) in [6.45, 7) is 8.21. The van der Waals surface area contributed by atoms with E-state index in [0.29, 0.717) is 5.84 Å². The minimum atomic E-state index is 0.195. The molecule has 0 fully saturated rings. The first-order chi connectivity index (χ1) is 23.5. The van der Waals surface area contributed by atoms with Crippen LogP contribution in [0, 0.1) is 5.41 Å². The van der Waals surface area contributed by atoms with Crippen molar-refractivity contribution in [2.24, 2.45) is 4.99 Å². The Morgan fingerprint density at radius 1 is 0.667 bits per heavy atom. The van der Waals surface area contributed by atoms with Gasteiger partial charge < -0.3 is 4.57 Å². The molecule has 0 saturated carbocycles. The van der Waals surface area contributed by atoms with Gasteiger partial charge in [0.1, 0.15) is 0 Å². The summed E-state index contributed by atoms with van der Waals surface area (Å²) in [5.74, 6) is 0.858. The summed E-state index contributed by atoms with van der Waals surface area (Å²) in [5.41, 5.74) is 7.00. The van der Waals surface area contributed by atoms with E-state index < -0.39 is 0 Å². The van der Waals surface area contributed by atoms with Crippen molar-refractivity contribution >= 4 is 67.9 Å². The zero-order valence-corrected chi connectivity index (χ0v) is 26.6. The maximum Gasteiger partial charge on any atom is 0.157 e. The van der Waals surface area contributed by atoms with Crippen LogP contribution in [0.5, 0.6) is 0 Å². The fraction of sp³-hybridized carbons (Fsp3) is 0.0233. The third kappa shape index (κ3) is 4.64. The van der Waals surface area contributed by atoms with Crippen molar-refractivity contribution in [1.29, 1.82) is 5.41 Å². The van der Waals surface area contributed by atoms with Crippen molar-refractivity contribution in [2.45, 2.75) is 0 Å². The topological polar surface area (TPSA) is 49.3 Å². The van der Waals surface area contributed by atoms with E-state index in [9.17, 15) is 0 Å². The average molecular weight is 620 g/mol. The Labute approximate surface area is 278 Å². The zero-order valence-electron chi connectivity index (χ0n) is 26.6. The molecule has 0 atom stereocenters. The molecule has 0 bridgehead atoms. The van der Waals surface area contributed by atoms with Gasteiger partial charge in [0.2, 0.25) is 0 Å². The average Bonchev–Trinajstić information content (AvgIpc) is 3.65. The number of benzene rings is 6. The highest BCUT2D eigenvalue weighted by Crippen LogP contribution is 2.40. The van der Waals surface area contributed by atoms with Crippen LogP contribution in [0.1, 0.15) is 11.1 Å². The molecule has 0 unspecified atom stereocenters. The summed E-state index contributed by atoms with van der Waals surface area (Å²) < 4.78 is 4.63. The van der Waals surface area contributed by atoms with Gasteiger partial charge in [0.15, 0.2) is 11.7 Å². The van der Waals surface area contributed by atoms with E-state index in [1.807, 2.05) is 79.9 Å². The number of aliphatic imine (C=N–C) groups is 1. The molecule has 0 radical (unpaired) electrons. The molecule has 0 saturated heterocycles. The maximum absolute atomic E-state index is 9.03. The largest absolute Gasteiger partial charge is 0.307 e. The Morgan fingerprint density at radius 3 is 1.94 bits per heavy atom. The summed E-state index contributed by atoms with van der Waals surface area (Å²) in [4.78, 5) is 5.01. The zero-order chi connectivity index (χ0) is 32.8. The molecule has 0 aliphatic rings. The second-order valence-corrected chi connectivity index (χ2v) is 11.9. The van der Waals surface area contributed by atoms with Gasteiger partial charge in [0.25, 0.3) is 0 Å². The van der Waals surface area contributed by atoms with Crippen LogP contribution in [-0.4, -0.2) is 28.0 Å². The van der Waals surface area contributed by atoms with E-state index >= 15 is 0 Å². The van der Waals surface area contributed by atoms with Crippen LogP contribution in [0.25, 0.3) is 62.0 Å². The maximum atomic E-state index is 9.03. The SMILES string of the molecule is C=C/C=c1/cc(-n2c3ccccc3c3ccc4c5ccccc5n(N(C)C(=NC(=N)c5ccccc5)c5ccccc5)c4c32)ccc1=C. The number of amidine groups is 2. The van der Waals surface area contributed by atoms with Crippen LogP contribution in [-0.2, 0) is 0 Å². The first-order valence-electron chi connectivity index (χ1n) is 15.9. The van der Waals surface area contributed by atoms with Crippen LogP contribution in [0.3, 0.4) is 0 Å². The fourth-order valence-electron chi connectivity index (χ4n) is 6.83. The third-order valence-corrected chi connectivity index (χ3v) is 9.03. The highest BCUT2D eigenvalue weighted by atomic mass is 15.6. The summed E-state index contributed by atoms with van der Waals surface area (Å²) in [6.07, 6.45) is 3.81. The van der Waals surface area contributed by atoms with Gasteiger partial charge in [-0.05, 0) is 34.7 Å². The molecule has 48 heavy (non-hydrogen) atoms. The molecule has 2 heterocycles. The second-order valence-electron chi connectivity index (χ2n) is 11.9. The highest BCUT2D eigenvalue weighted by molar-refractivity contribution is 6.24. The molecule has 6 aromatic carbocycles. The van der Waals surface area contributed by atoms with Crippen LogP contribution in [0.2, 0.25) is 0 Å². The van der Waals surface area contributed by atoms with Gasteiger partial charge >= 0.3 is 0 Å². The molecular formula is C43H33N5. The molecule has 0 aliphatic heterocycles. The van der Waals surface area contributed by atoms with E-state index in [1.165, 1.54) is 5.39 Å². The lowest BCUT2D eigenvalue weighted by Gasteiger charge is -2.26. The highest BCUT2D eigenvalue weighted by Gasteiger charge is 2.24. The summed E-state index contributed by atoms with van der Waals surface area (Å²) in [5, 5.41) is 17.7. The predicted molar refractivity (Wildman–Crippen MR) is 204 cm³/mol. The van der Waals surface area contributed by atoms with Gasteiger partial charge in [-0.25, -0.2) is 9.67 Å². The van der Waals surface area contributed by atoms with Gasteiger partial charge in [-0.3, -0.25) is 10.4 Å². The standard InChI is InChI=1S/C43H33N5/c1-4-15-32-28-33(25-24-29(32)2)47-38-22-13-11-20-34(38)36-26-27-37-35-21-12-14-23-39(35)48(41(37)40(36)47)46(3)43(31-18-9-6-10-19-31)45-42(44)30-16-7-5-8-17-30/h4-28,44H,1-2H2,3H3/b32-15-,44-42?,45-43?. The second kappa shape index (κ2) is 11.7. The van der Waals surface area contributed by atoms with Crippen molar-refractivity contribution < 1.29 is 0 Å². The van der Waals surface area contributed by atoms with Crippen LogP contribution in [0.4, 0.5) is 0 Å². The number of rotatable bonds is 5. The summed E-state index contributed by atoms with van der Waals surface area (Å²) in [6, 6.07) is 47.8. The quantitative estimate of drug-likeness (QED) is 0.153. The van der Waals surface area contributed by atoms with Crippen molar-refractivity contribution in [3.63, 3.8) is 0 Å². The number of allylic oxidation sites excluding steroid dienone is 1. The van der Waals surface area contributed by atoms with Crippen LogP contribution < -0.4 is 15.4 Å². The van der Waals surface area contributed by atoms with Crippen LogP contribution >= 0.6 is 0 Å². The molecule has 5 nitrogen and oxygen atoms in total. The minimum Gasteiger partial charge on any atom is -0.307 e. The molecule has 2 aromatic heterocycles. The molecular weight excluding hydrogens is 587 g/mol. The monoisotopic (exact) mass is 619 g/mol. The van der Waals surface area contributed by atoms with E-state index in [1.54, 1.807) is 0 Å². The molecule has 8 aromatic rings. The normalized spacial score (nSPS) is 12.4. The Hall–Kier alpha value is -6.46. The number of hydrogen-bond acceptors (Lipinski definition) is 1. The van der Waals surface area contributed by atoms with Crippen molar-refractivity contribution in [1.82, 2.24) is 9.24 Å². The van der Waals surface area contributed by atoms with Gasteiger partial charge in [0.05, 0.1) is 22.1 Å². The van der Waals surface area contributed by atoms with E-state index in [0.717, 1.165) is 65.5 Å².